The van der Waals surface area contributed by atoms with E-state index in [4.69, 9.17) is 0 Å². The van der Waals surface area contributed by atoms with Crippen molar-refractivity contribution in [2.75, 3.05) is 19.3 Å². The number of carbonyl (C=O) groups excluding carboxylic acids is 1. The Kier molecular flexibility index (Phi) is 5.88. The molecule has 0 bridgehead atoms. The molecule has 0 saturated carbocycles. The number of benzene rings is 1. The molecule has 6 nitrogen and oxygen atoms in total. The number of aromatic nitrogens is 1. The van der Waals surface area contributed by atoms with E-state index in [0.717, 1.165) is 21.6 Å². The molecule has 148 valence electrons. The predicted octanol–water partition coefficient (Wildman–Crippen LogP) is 2.95. The number of nitrogens with zero attached hydrogens (tertiary/aromatic N) is 3. The van der Waals surface area contributed by atoms with E-state index in [1.165, 1.54) is 16.1 Å². The SMILES string of the molecule is CCn1c(=NC(=O)C2CCN(S(C)(=O)=O)CC2)sc2cc(C(C)C)ccc21. The van der Waals surface area contributed by atoms with Crippen molar-refractivity contribution in [2.45, 2.75) is 46.1 Å². The van der Waals surface area contributed by atoms with Crippen molar-refractivity contribution in [1.82, 2.24) is 8.87 Å². The Labute approximate surface area is 164 Å². The summed E-state index contributed by atoms with van der Waals surface area (Å²) in [5, 5.41) is 0. The van der Waals surface area contributed by atoms with Gasteiger partial charge in [0.05, 0.1) is 16.5 Å². The molecule has 2 aromatic rings. The quantitative estimate of drug-likeness (QED) is 0.779. The van der Waals surface area contributed by atoms with Gasteiger partial charge in [0.25, 0.3) is 5.91 Å². The third-order valence-electron chi connectivity index (χ3n) is 5.17. The molecule has 0 unspecified atom stereocenters. The Morgan fingerprint density at radius 1 is 1.30 bits per heavy atom. The Morgan fingerprint density at radius 2 is 1.96 bits per heavy atom. The lowest BCUT2D eigenvalue weighted by Gasteiger charge is -2.28. The number of aryl methyl sites for hydroxylation is 1. The van der Waals surface area contributed by atoms with Crippen LogP contribution in [0.1, 0.15) is 45.1 Å². The lowest BCUT2D eigenvalue weighted by Crippen LogP contribution is -2.39. The van der Waals surface area contributed by atoms with E-state index in [9.17, 15) is 13.2 Å². The molecular weight excluding hydrogens is 382 g/mol. The molecule has 1 aromatic carbocycles. The molecule has 1 aliphatic rings. The van der Waals surface area contributed by atoms with Gasteiger partial charge in [-0.2, -0.15) is 4.99 Å². The first-order valence-corrected chi connectivity index (χ1v) is 12.0. The Morgan fingerprint density at radius 3 is 2.52 bits per heavy atom. The number of hydrogen-bond donors (Lipinski definition) is 0. The summed E-state index contributed by atoms with van der Waals surface area (Å²) in [5.41, 5.74) is 2.38. The van der Waals surface area contributed by atoms with Gasteiger partial charge in [-0.3, -0.25) is 4.79 Å². The average Bonchev–Trinajstić information content (AvgIpc) is 2.96. The minimum atomic E-state index is -3.18. The van der Waals surface area contributed by atoms with Crippen LogP contribution in [0.4, 0.5) is 0 Å². The van der Waals surface area contributed by atoms with Gasteiger partial charge >= 0.3 is 0 Å². The lowest BCUT2D eigenvalue weighted by molar-refractivity contribution is -0.122. The minimum absolute atomic E-state index is 0.138. The van der Waals surface area contributed by atoms with Gasteiger partial charge in [-0.15, -0.1) is 0 Å². The molecule has 1 aromatic heterocycles. The summed E-state index contributed by atoms with van der Waals surface area (Å²) in [6.45, 7) is 7.92. The predicted molar refractivity (Wildman–Crippen MR) is 109 cm³/mol. The monoisotopic (exact) mass is 409 g/mol. The molecule has 1 saturated heterocycles. The van der Waals surface area contributed by atoms with Gasteiger partial charge < -0.3 is 4.57 Å². The van der Waals surface area contributed by atoms with E-state index >= 15 is 0 Å². The molecule has 1 fully saturated rings. The van der Waals surface area contributed by atoms with Crippen LogP contribution in [0.3, 0.4) is 0 Å². The number of piperidine rings is 1. The highest BCUT2D eigenvalue weighted by Crippen LogP contribution is 2.24. The summed E-state index contributed by atoms with van der Waals surface area (Å²) >= 11 is 1.55. The van der Waals surface area contributed by atoms with Crippen LogP contribution in [0.15, 0.2) is 23.2 Å². The van der Waals surface area contributed by atoms with Crippen molar-refractivity contribution in [3.8, 4) is 0 Å². The van der Waals surface area contributed by atoms with E-state index < -0.39 is 10.0 Å². The van der Waals surface area contributed by atoms with Gasteiger partial charge in [-0.25, -0.2) is 12.7 Å². The van der Waals surface area contributed by atoms with Gasteiger partial charge in [-0.05, 0) is 43.4 Å². The standard InChI is InChI=1S/C19H27N3O3S2/c1-5-22-16-7-6-15(13(2)3)12-17(16)26-19(22)20-18(23)14-8-10-21(11-9-14)27(4,24)25/h6-7,12-14H,5,8-11H2,1-4H3. The third kappa shape index (κ3) is 4.33. The van der Waals surface area contributed by atoms with E-state index in [1.54, 1.807) is 11.3 Å². The molecule has 27 heavy (non-hydrogen) atoms. The van der Waals surface area contributed by atoms with Crippen molar-refractivity contribution in [1.29, 1.82) is 0 Å². The average molecular weight is 410 g/mol. The molecule has 0 N–H and O–H groups in total. The van der Waals surface area contributed by atoms with Crippen molar-refractivity contribution in [2.24, 2.45) is 10.9 Å². The van der Waals surface area contributed by atoms with Crippen LogP contribution in [-0.2, 0) is 21.4 Å². The number of sulfonamides is 1. The zero-order valence-corrected chi connectivity index (χ0v) is 17.9. The Hall–Kier alpha value is -1.51. The molecule has 2 heterocycles. The first-order chi connectivity index (χ1) is 12.7. The molecule has 0 spiro atoms. The molecule has 1 aliphatic heterocycles. The smallest absolute Gasteiger partial charge is 0.251 e. The second-order valence-electron chi connectivity index (χ2n) is 7.40. The molecular formula is C19H27N3O3S2. The van der Waals surface area contributed by atoms with Crippen molar-refractivity contribution >= 4 is 37.5 Å². The summed E-state index contributed by atoms with van der Waals surface area (Å²) < 4.78 is 27.9. The summed E-state index contributed by atoms with van der Waals surface area (Å²) in [6, 6.07) is 6.43. The topological polar surface area (TPSA) is 71.7 Å². The van der Waals surface area contributed by atoms with Gasteiger partial charge in [0.15, 0.2) is 4.80 Å². The Bertz CT molecular complexity index is 1010. The normalized spacial score (nSPS) is 17.9. The van der Waals surface area contributed by atoms with Crippen LogP contribution in [0.25, 0.3) is 10.2 Å². The van der Waals surface area contributed by atoms with Crippen molar-refractivity contribution in [3.05, 3.63) is 28.6 Å². The molecule has 0 aliphatic carbocycles. The van der Waals surface area contributed by atoms with Crippen LogP contribution in [0.2, 0.25) is 0 Å². The van der Waals surface area contributed by atoms with Gasteiger partial charge in [0.1, 0.15) is 0 Å². The summed E-state index contributed by atoms with van der Waals surface area (Å²) in [6.07, 6.45) is 2.28. The van der Waals surface area contributed by atoms with Crippen molar-refractivity contribution < 1.29 is 13.2 Å². The minimum Gasteiger partial charge on any atom is -0.317 e. The first kappa shape index (κ1) is 20.2. The van der Waals surface area contributed by atoms with Crippen molar-refractivity contribution in [3.63, 3.8) is 0 Å². The van der Waals surface area contributed by atoms with Crippen LogP contribution in [-0.4, -0.2) is 42.5 Å². The maximum absolute atomic E-state index is 12.7. The van der Waals surface area contributed by atoms with E-state index in [-0.39, 0.29) is 11.8 Å². The summed E-state index contributed by atoms with van der Waals surface area (Å²) in [4.78, 5) is 17.9. The molecule has 1 amide bonds. The highest BCUT2D eigenvalue weighted by Gasteiger charge is 2.28. The second kappa shape index (κ2) is 7.85. The maximum Gasteiger partial charge on any atom is 0.251 e. The second-order valence-corrected chi connectivity index (χ2v) is 10.4. The number of rotatable bonds is 4. The number of amides is 1. The fourth-order valence-electron chi connectivity index (χ4n) is 3.46. The highest BCUT2D eigenvalue weighted by atomic mass is 32.2. The number of thiazole rings is 1. The number of fused-ring (bicyclic) bond motifs is 1. The molecule has 0 atom stereocenters. The highest BCUT2D eigenvalue weighted by molar-refractivity contribution is 7.88. The third-order valence-corrected chi connectivity index (χ3v) is 7.51. The number of hydrogen-bond acceptors (Lipinski definition) is 4. The first-order valence-electron chi connectivity index (χ1n) is 9.37. The van der Waals surface area contributed by atoms with E-state index in [1.807, 2.05) is 0 Å². The van der Waals surface area contributed by atoms with E-state index in [2.05, 4.69) is 48.5 Å². The maximum atomic E-state index is 12.7. The van der Waals surface area contributed by atoms with Gasteiger partial charge in [-0.1, -0.05) is 31.3 Å². The summed E-state index contributed by atoms with van der Waals surface area (Å²) in [7, 11) is -3.18. The lowest BCUT2D eigenvalue weighted by atomic mass is 9.98. The van der Waals surface area contributed by atoms with E-state index in [0.29, 0.717) is 31.8 Å². The van der Waals surface area contributed by atoms with Gasteiger partial charge in [0, 0.05) is 25.6 Å². The van der Waals surface area contributed by atoms with Crippen LogP contribution >= 0.6 is 11.3 Å². The molecule has 0 radical (unpaired) electrons. The summed E-state index contributed by atoms with van der Waals surface area (Å²) in [5.74, 6) is 0.111. The molecule has 8 heteroatoms. The largest absolute Gasteiger partial charge is 0.317 e. The number of carbonyl (C=O) groups is 1. The van der Waals surface area contributed by atoms with Crippen LogP contribution < -0.4 is 4.80 Å². The zero-order chi connectivity index (χ0) is 19.8. The Balaban J connectivity index is 1.88. The van der Waals surface area contributed by atoms with Gasteiger partial charge in [0.2, 0.25) is 10.0 Å². The fraction of sp³-hybridized carbons (Fsp3) is 0.579. The van der Waals surface area contributed by atoms with Crippen LogP contribution in [0, 0.1) is 5.92 Å². The zero-order valence-electron chi connectivity index (χ0n) is 16.3. The molecule has 3 rings (SSSR count). The van der Waals surface area contributed by atoms with Crippen LogP contribution in [0.5, 0.6) is 0 Å². The fourth-order valence-corrected chi connectivity index (χ4v) is 5.48.